The Morgan fingerprint density at radius 3 is 1.89 bits per heavy atom. The van der Waals surface area contributed by atoms with Gasteiger partial charge >= 0.3 is 29.6 Å². The zero-order chi connectivity index (χ0) is 13.6. The van der Waals surface area contributed by atoms with Crippen LogP contribution >= 0.6 is 0 Å². The number of likely N-dealkylation sites (N-methyl/N-ethyl adjacent to an activating group) is 1. The molecule has 1 rings (SSSR count). The fraction of sp³-hybridized carbons (Fsp3) is 0.700. The van der Waals surface area contributed by atoms with Crippen LogP contribution in [-0.2, 0) is 9.59 Å². The maximum Gasteiger partial charge on any atom is 1.00 e. The largest absolute Gasteiger partial charge is 1.00 e. The third kappa shape index (κ3) is 9.41. The Morgan fingerprint density at radius 1 is 1.28 bits per heavy atom. The molecule has 1 saturated heterocycles. The molecule has 18 heavy (non-hydrogen) atoms. The first-order chi connectivity index (χ1) is 7.63. The van der Waals surface area contributed by atoms with Crippen molar-refractivity contribution in [1.82, 2.24) is 4.90 Å². The van der Waals surface area contributed by atoms with Gasteiger partial charge in [-0.15, -0.1) is 0 Å². The van der Waals surface area contributed by atoms with E-state index in [-0.39, 0.29) is 42.0 Å². The van der Waals surface area contributed by atoms with E-state index in [9.17, 15) is 24.6 Å². The van der Waals surface area contributed by atoms with Crippen molar-refractivity contribution >= 4 is 18.0 Å². The summed E-state index contributed by atoms with van der Waals surface area (Å²) in [5.74, 6) is -1.34. The Kier molecular flexibility index (Phi) is 9.27. The monoisotopic (exact) mass is 268 g/mol. The number of carboxylic acid groups (broad SMARTS) is 2. The summed E-state index contributed by atoms with van der Waals surface area (Å²) in [6.45, 7) is 0.376. The van der Waals surface area contributed by atoms with Crippen LogP contribution in [0.2, 0.25) is 0 Å². The van der Waals surface area contributed by atoms with Crippen molar-refractivity contribution in [2.75, 3.05) is 34.2 Å². The Bertz CT molecular complexity index is 314. The molecule has 0 spiro atoms. The van der Waals surface area contributed by atoms with Crippen molar-refractivity contribution in [2.45, 2.75) is 12.8 Å². The van der Waals surface area contributed by atoms with Gasteiger partial charge in [0.15, 0.2) is 0 Å². The SMILES string of the molecule is C[N+](C)(C)CC(=O)[O-].O=C([O-])N1CCCC1=O.[Na+]. The van der Waals surface area contributed by atoms with Crippen LogP contribution in [0.25, 0.3) is 0 Å². The number of aliphatic carboxylic acids is 1. The van der Waals surface area contributed by atoms with Gasteiger partial charge in [0, 0.05) is 13.0 Å². The number of carboxylic acids is 1. The predicted octanol–water partition coefficient (Wildman–Crippen LogP) is -5.60. The average molecular weight is 268 g/mol. The van der Waals surface area contributed by atoms with Gasteiger partial charge in [0.2, 0.25) is 5.91 Å². The fourth-order valence-electron chi connectivity index (χ4n) is 1.23. The van der Waals surface area contributed by atoms with Crippen molar-refractivity contribution in [2.24, 2.45) is 0 Å². The number of hydrogen-bond acceptors (Lipinski definition) is 5. The number of hydrogen-bond donors (Lipinski definition) is 0. The van der Waals surface area contributed by atoms with E-state index in [1.165, 1.54) is 0 Å². The minimum absolute atomic E-state index is 0. The number of likely N-dealkylation sites (tertiary alicyclic amines) is 1. The van der Waals surface area contributed by atoms with E-state index < -0.39 is 12.1 Å². The number of amides is 2. The molecule has 0 aromatic rings. The molecule has 2 amide bonds. The van der Waals surface area contributed by atoms with Crippen molar-refractivity contribution in [3.8, 4) is 0 Å². The minimum atomic E-state index is -1.38. The first-order valence-corrected chi connectivity index (χ1v) is 5.15. The maximum absolute atomic E-state index is 10.5. The second kappa shape index (κ2) is 8.47. The van der Waals surface area contributed by atoms with E-state index in [2.05, 4.69) is 0 Å². The van der Waals surface area contributed by atoms with Gasteiger partial charge in [0.25, 0.3) is 0 Å². The molecule has 1 aliphatic rings. The summed E-state index contributed by atoms with van der Waals surface area (Å²) < 4.78 is 0.419. The van der Waals surface area contributed by atoms with Crippen LogP contribution in [0.5, 0.6) is 0 Å². The smallest absolute Gasteiger partial charge is 0.544 e. The number of rotatable bonds is 2. The summed E-state index contributed by atoms with van der Waals surface area (Å²) in [5, 5.41) is 19.9. The first kappa shape index (κ1) is 19.7. The Labute approximate surface area is 128 Å². The van der Waals surface area contributed by atoms with Crippen LogP contribution < -0.4 is 39.8 Å². The molecule has 0 bridgehead atoms. The van der Waals surface area contributed by atoms with E-state index in [4.69, 9.17) is 0 Å². The summed E-state index contributed by atoms with van der Waals surface area (Å²) in [6, 6.07) is 0. The van der Waals surface area contributed by atoms with E-state index in [0.29, 0.717) is 23.9 Å². The van der Waals surface area contributed by atoms with Crippen LogP contribution in [0.3, 0.4) is 0 Å². The number of quaternary nitrogens is 1. The van der Waals surface area contributed by atoms with Crippen LogP contribution in [0.1, 0.15) is 12.8 Å². The molecule has 0 aromatic heterocycles. The van der Waals surface area contributed by atoms with Crippen molar-refractivity contribution < 1.29 is 58.6 Å². The Balaban J connectivity index is 0. The number of nitrogens with zero attached hydrogens (tertiary/aromatic N) is 2. The van der Waals surface area contributed by atoms with E-state index in [1.807, 2.05) is 0 Å². The minimum Gasteiger partial charge on any atom is -0.544 e. The summed E-state index contributed by atoms with van der Waals surface area (Å²) in [7, 11) is 5.40. The van der Waals surface area contributed by atoms with E-state index >= 15 is 0 Å². The van der Waals surface area contributed by atoms with Crippen LogP contribution in [0, 0.1) is 0 Å². The topological polar surface area (TPSA) is 101 Å². The quantitative estimate of drug-likeness (QED) is 0.367. The van der Waals surface area contributed by atoms with Crippen molar-refractivity contribution in [3.63, 3.8) is 0 Å². The third-order valence-corrected chi connectivity index (χ3v) is 1.90. The Morgan fingerprint density at radius 2 is 1.78 bits per heavy atom. The maximum atomic E-state index is 10.5. The molecule has 1 heterocycles. The van der Waals surface area contributed by atoms with Gasteiger partial charge in [-0.25, -0.2) is 0 Å². The third-order valence-electron chi connectivity index (χ3n) is 1.90. The molecule has 0 unspecified atom stereocenters. The molecule has 0 radical (unpaired) electrons. The molecule has 0 aromatic carbocycles. The molecule has 0 atom stereocenters. The zero-order valence-electron chi connectivity index (χ0n) is 11.3. The first-order valence-electron chi connectivity index (χ1n) is 5.15. The van der Waals surface area contributed by atoms with Gasteiger partial charge in [-0.1, -0.05) is 0 Å². The summed E-state index contributed by atoms with van der Waals surface area (Å²) in [4.78, 5) is 31.2. The summed E-state index contributed by atoms with van der Waals surface area (Å²) in [5.41, 5.74) is 0. The molecule has 8 heteroatoms. The number of imide groups is 1. The van der Waals surface area contributed by atoms with E-state index in [1.54, 1.807) is 21.1 Å². The Hall–Kier alpha value is -0.630. The summed E-state index contributed by atoms with van der Waals surface area (Å²) in [6.07, 6.45) is -0.404. The predicted molar refractivity (Wildman–Crippen MR) is 54.2 cm³/mol. The van der Waals surface area contributed by atoms with Gasteiger partial charge in [-0.05, 0) is 6.42 Å². The second-order valence-electron chi connectivity index (χ2n) is 4.74. The van der Waals surface area contributed by atoms with Crippen molar-refractivity contribution in [3.05, 3.63) is 0 Å². The summed E-state index contributed by atoms with van der Waals surface area (Å²) >= 11 is 0. The molecule has 98 valence electrons. The van der Waals surface area contributed by atoms with E-state index in [0.717, 1.165) is 4.90 Å². The number of carbonyl (C=O) groups is 3. The zero-order valence-corrected chi connectivity index (χ0v) is 13.3. The molecular weight excluding hydrogens is 251 g/mol. The molecule has 1 fully saturated rings. The van der Waals surface area contributed by atoms with Crippen LogP contribution in [0.15, 0.2) is 0 Å². The van der Waals surface area contributed by atoms with Crippen LogP contribution in [0.4, 0.5) is 4.79 Å². The molecular formula is C10H17N2NaO5. The van der Waals surface area contributed by atoms with Gasteiger partial charge in [0.05, 0.1) is 27.1 Å². The molecule has 0 N–H and O–H groups in total. The van der Waals surface area contributed by atoms with Crippen molar-refractivity contribution in [1.29, 1.82) is 0 Å². The van der Waals surface area contributed by atoms with Gasteiger partial charge in [-0.3, -0.25) is 9.69 Å². The molecule has 0 aliphatic carbocycles. The van der Waals surface area contributed by atoms with Gasteiger partial charge in [-0.2, -0.15) is 0 Å². The molecule has 1 aliphatic heterocycles. The normalized spacial score (nSPS) is 14.4. The number of carbonyl (C=O) groups excluding carboxylic acids is 3. The second-order valence-corrected chi connectivity index (χ2v) is 4.74. The molecule has 7 nitrogen and oxygen atoms in total. The standard InChI is InChI=1S/C5H7NO3.C5H11NO2.Na/c7-4-2-1-3-6(4)5(8)9;1-6(2,3)4-5(7)8;/h1-3H2,(H,8,9);4H2,1-3H3;/q;;+1/p-1. The van der Waals surface area contributed by atoms with Crippen LogP contribution in [-0.4, -0.2) is 61.6 Å². The average Bonchev–Trinajstić information content (AvgIpc) is 2.47. The van der Waals surface area contributed by atoms with Gasteiger partial charge < -0.3 is 24.3 Å². The fourth-order valence-corrected chi connectivity index (χ4v) is 1.23. The molecule has 0 saturated carbocycles. The van der Waals surface area contributed by atoms with Gasteiger partial charge in [0.1, 0.15) is 12.6 Å².